The number of aromatic nitrogens is 3. The summed E-state index contributed by atoms with van der Waals surface area (Å²) in [5, 5.41) is 10.5. The average molecular weight is 250 g/mol. The van der Waals surface area contributed by atoms with E-state index >= 15 is 0 Å². The summed E-state index contributed by atoms with van der Waals surface area (Å²) in [5.41, 5.74) is 0.407. The molecule has 5 nitrogen and oxygen atoms in total. The van der Waals surface area contributed by atoms with Crippen molar-refractivity contribution in [3.05, 3.63) is 12.2 Å². The minimum Gasteiger partial charge on any atom is -0.378 e. The number of ether oxygens (including phenoxy) is 1. The minimum absolute atomic E-state index is 0.234. The van der Waals surface area contributed by atoms with E-state index in [1.54, 1.807) is 6.33 Å². The highest BCUT2D eigenvalue weighted by Crippen LogP contribution is 2.57. The lowest BCUT2D eigenvalue weighted by Gasteiger charge is -2.61. The summed E-state index contributed by atoms with van der Waals surface area (Å²) >= 11 is 0. The topological polar surface area (TPSA) is 62.8 Å². The second-order valence-corrected chi connectivity index (χ2v) is 5.58. The monoisotopic (exact) mass is 250 g/mol. The number of nitrogens with zero attached hydrogens (tertiary/aromatic N) is 2. The first kappa shape index (κ1) is 12.1. The van der Waals surface area contributed by atoms with Gasteiger partial charge in [0.1, 0.15) is 12.2 Å². The Morgan fingerprint density at radius 1 is 1.61 bits per heavy atom. The molecule has 1 aromatic heterocycles. The number of rotatable bonds is 5. The Morgan fingerprint density at radius 2 is 2.44 bits per heavy atom. The van der Waals surface area contributed by atoms with E-state index in [-0.39, 0.29) is 6.04 Å². The van der Waals surface area contributed by atoms with Gasteiger partial charge in [-0.05, 0) is 33.1 Å². The summed E-state index contributed by atoms with van der Waals surface area (Å²) in [7, 11) is 0. The molecule has 2 saturated carbocycles. The second-order valence-electron chi connectivity index (χ2n) is 5.58. The molecule has 3 unspecified atom stereocenters. The summed E-state index contributed by atoms with van der Waals surface area (Å²) < 4.78 is 5.86. The van der Waals surface area contributed by atoms with Crippen molar-refractivity contribution in [1.82, 2.24) is 20.5 Å². The van der Waals surface area contributed by atoms with Gasteiger partial charge in [0, 0.05) is 18.1 Å². The number of nitrogens with one attached hydrogen (secondary N) is 2. The summed E-state index contributed by atoms with van der Waals surface area (Å²) in [6.45, 7) is 5.06. The van der Waals surface area contributed by atoms with Crippen molar-refractivity contribution in [1.29, 1.82) is 0 Å². The summed E-state index contributed by atoms with van der Waals surface area (Å²) in [6.07, 6.45) is 7.12. The van der Waals surface area contributed by atoms with Gasteiger partial charge in [0.05, 0.1) is 12.1 Å². The smallest absolute Gasteiger partial charge is 0.141 e. The maximum atomic E-state index is 5.86. The zero-order valence-corrected chi connectivity index (χ0v) is 11.1. The molecule has 1 aromatic rings. The summed E-state index contributed by atoms with van der Waals surface area (Å²) in [5.74, 6) is 0.921. The molecule has 100 valence electrons. The van der Waals surface area contributed by atoms with E-state index in [2.05, 4.69) is 34.3 Å². The van der Waals surface area contributed by atoms with E-state index in [0.717, 1.165) is 18.9 Å². The fourth-order valence-electron chi connectivity index (χ4n) is 3.48. The first-order valence-corrected chi connectivity index (χ1v) is 6.99. The van der Waals surface area contributed by atoms with E-state index in [1.807, 2.05) is 0 Å². The molecule has 0 aromatic carbocycles. The fraction of sp³-hybridized carbons (Fsp3) is 0.846. The Kier molecular flexibility index (Phi) is 3.11. The van der Waals surface area contributed by atoms with Gasteiger partial charge in [0.15, 0.2) is 0 Å². The zero-order chi connectivity index (χ0) is 12.6. The lowest BCUT2D eigenvalue weighted by atomic mass is 9.51. The third-order valence-electron chi connectivity index (χ3n) is 4.73. The highest BCUT2D eigenvalue weighted by molar-refractivity contribution is 5.13. The molecule has 0 saturated heterocycles. The first-order chi connectivity index (χ1) is 8.76. The van der Waals surface area contributed by atoms with Crippen molar-refractivity contribution in [2.24, 2.45) is 5.41 Å². The Hall–Kier alpha value is -0.940. The van der Waals surface area contributed by atoms with E-state index in [4.69, 9.17) is 4.74 Å². The van der Waals surface area contributed by atoms with Crippen LogP contribution in [0.3, 0.4) is 0 Å². The van der Waals surface area contributed by atoms with Crippen LogP contribution in [0, 0.1) is 5.41 Å². The largest absolute Gasteiger partial charge is 0.378 e. The third-order valence-corrected chi connectivity index (χ3v) is 4.73. The zero-order valence-electron chi connectivity index (χ0n) is 11.1. The van der Waals surface area contributed by atoms with Gasteiger partial charge in [0.25, 0.3) is 0 Å². The second kappa shape index (κ2) is 4.63. The van der Waals surface area contributed by atoms with Gasteiger partial charge in [-0.1, -0.05) is 6.42 Å². The molecule has 0 bridgehead atoms. The molecule has 2 aliphatic rings. The lowest BCUT2D eigenvalue weighted by Crippen LogP contribution is -2.67. The van der Waals surface area contributed by atoms with Crippen LogP contribution < -0.4 is 5.32 Å². The molecule has 0 amide bonds. The number of aromatic amines is 1. The van der Waals surface area contributed by atoms with Gasteiger partial charge in [-0.2, -0.15) is 5.10 Å². The van der Waals surface area contributed by atoms with Crippen molar-refractivity contribution in [3.63, 3.8) is 0 Å². The van der Waals surface area contributed by atoms with Crippen molar-refractivity contribution in [2.75, 3.05) is 6.61 Å². The van der Waals surface area contributed by atoms with Crippen LogP contribution in [0.4, 0.5) is 0 Å². The van der Waals surface area contributed by atoms with Crippen molar-refractivity contribution in [3.8, 4) is 0 Å². The normalized spacial score (nSPS) is 30.8. The molecule has 2 N–H and O–H groups in total. The van der Waals surface area contributed by atoms with Crippen molar-refractivity contribution >= 4 is 0 Å². The van der Waals surface area contributed by atoms with E-state index < -0.39 is 0 Å². The predicted molar refractivity (Wildman–Crippen MR) is 68.0 cm³/mol. The van der Waals surface area contributed by atoms with E-state index in [0.29, 0.717) is 17.6 Å². The molecular weight excluding hydrogens is 228 g/mol. The van der Waals surface area contributed by atoms with Crippen molar-refractivity contribution < 1.29 is 4.74 Å². The SMILES string of the molecule is CCOC1CC(NC(C)c2ncn[nH]2)C12CCC2. The standard InChI is InChI=1S/C13H22N4O/c1-3-18-11-7-10(13(11)5-4-6-13)16-9(2)12-14-8-15-17-12/h8-11,16H,3-7H2,1-2H3,(H,14,15,17). The molecule has 2 aliphatic carbocycles. The molecular formula is C13H22N4O. The molecule has 18 heavy (non-hydrogen) atoms. The van der Waals surface area contributed by atoms with Gasteiger partial charge in [-0.15, -0.1) is 0 Å². The molecule has 0 aliphatic heterocycles. The molecule has 3 rings (SSSR count). The quantitative estimate of drug-likeness (QED) is 0.836. The van der Waals surface area contributed by atoms with Crippen LogP contribution in [0.2, 0.25) is 0 Å². The van der Waals surface area contributed by atoms with Crippen LogP contribution in [0.5, 0.6) is 0 Å². The highest BCUT2D eigenvalue weighted by atomic mass is 16.5. The lowest BCUT2D eigenvalue weighted by molar-refractivity contribution is -0.174. The van der Waals surface area contributed by atoms with Crippen LogP contribution >= 0.6 is 0 Å². The van der Waals surface area contributed by atoms with Gasteiger partial charge >= 0.3 is 0 Å². The fourth-order valence-corrected chi connectivity index (χ4v) is 3.48. The van der Waals surface area contributed by atoms with Crippen LogP contribution in [-0.4, -0.2) is 33.9 Å². The first-order valence-electron chi connectivity index (χ1n) is 6.99. The molecule has 1 spiro atoms. The summed E-state index contributed by atoms with van der Waals surface area (Å²) in [6, 6.07) is 0.806. The molecule has 5 heteroatoms. The van der Waals surface area contributed by atoms with E-state index in [1.165, 1.54) is 19.3 Å². The summed E-state index contributed by atoms with van der Waals surface area (Å²) in [4.78, 5) is 4.21. The van der Waals surface area contributed by atoms with Gasteiger partial charge in [-0.3, -0.25) is 5.10 Å². The number of hydrogen-bond acceptors (Lipinski definition) is 4. The van der Waals surface area contributed by atoms with Gasteiger partial charge < -0.3 is 10.1 Å². The van der Waals surface area contributed by atoms with Crippen LogP contribution in [0.1, 0.15) is 51.4 Å². The highest BCUT2D eigenvalue weighted by Gasteiger charge is 2.58. The molecule has 2 fully saturated rings. The average Bonchev–Trinajstić information content (AvgIpc) is 2.78. The van der Waals surface area contributed by atoms with Gasteiger partial charge in [0.2, 0.25) is 0 Å². The molecule has 3 atom stereocenters. The predicted octanol–water partition coefficient (Wildman–Crippen LogP) is 1.80. The number of H-pyrrole nitrogens is 1. The number of hydrogen-bond donors (Lipinski definition) is 2. The minimum atomic E-state index is 0.234. The van der Waals surface area contributed by atoms with Crippen LogP contribution in [0.15, 0.2) is 6.33 Å². The molecule has 1 heterocycles. The van der Waals surface area contributed by atoms with Crippen LogP contribution in [0.25, 0.3) is 0 Å². The third kappa shape index (κ3) is 1.77. The maximum absolute atomic E-state index is 5.86. The Morgan fingerprint density at radius 3 is 3.00 bits per heavy atom. The van der Waals surface area contributed by atoms with Crippen molar-refractivity contribution in [2.45, 2.75) is 57.7 Å². The van der Waals surface area contributed by atoms with Crippen LogP contribution in [-0.2, 0) is 4.74 Å². The van der Waals surface area contributed by atoms with Gasteiger partial charge in [-0.25, -0.2) is 4.98 Å². The molecule has 0 radical (unpaired) electrons. The Bertz CT molecular complexity index is 388. The van der Waals surface area contributed by atoms with E-state index in [9.17, 15) is 0 Å². The Labute approximate surface area is 108 Å². The Balaban J connectivity index is 1.61. The maximum Gasteiger partial charge on any atom is 0.141 e.